The Morgan fingerprint density at radius 1 is 0.812 bits per heavy atom. The quantitative estimate of drug-likeness (QED) is 0.623. The molecule has 0 aromatic rings. The highest BCUT2D eigenvalue weighted by Crippen LogP contribution is 2.36. The fourth-order valence-corrected chi connectivity index (χ4v) is 3.69. The van der Waals surface area contributed by atoms with Crippen molar-refractivity contribution in [2.24, 2.45) is 11.8 Å². The third-order valence-corrected chi connectivity index (χ3v) is 4.58. The van der Waals surface area contributed by atoms with Crippen molar-refractivity contribution in [2.45, 2.75) is 51.6 Å². The normalized spacial score (nSPS) is 40.1. The third kappa shape index (κ3) is 2.78. The lowest BCUT2D eigenvalue weighted by atomic mass is 9.93. The Labute approximate surface area is 101 Å². The van der Waals surface area contributed by atoms with Crippen LogP contribution in [0.1, 0.15) is 39.5 Å². The predicted octanol–water partition coefficient (Wildman–Crippen LogP) is 2.45. The molecule has 3 aliphatic heterocycles. The van der Waals surface area contributed by atoms with Gasteiger partial charge in [0.25, 0.3) is 0 Å². The lowest BCUT2D eigenvalue weighted by Gasteiger charge is -2.34. The van der Waals surface area contributed by atoms with Crippen molar-refractivity contribution < 1.29 is 0 Å². The molecule has 2 unspecified atom stereocenters. The molecule has 3 heterocycles. The summed E-state index contributed by atoms with van der Waals surface area (Å²) < 4.78 is 0. The van der Waals surface area contributed by atoms with E-state index in [9.17, 15) is 0 Å². The number of rotatable bonds is 0. The van der Waals surface area contributed by atoms with E-state index >= 15 is 0 Å². The maximum atomic E-state index is 2.60. The highest BCUT2D eigenvalue weighted by atomic mass is 15.2. The zero-order valence-corrected chi connectivity index (χ0v) is 11.4. The molecule has 2 bridgehead atoms. The van der Waals surface area contributed by atoms with E-state index in [1.54, 1.807) is 0 Å². The van der Waals surface area contributed by atoms with Crippen molar-refractivity contribution in [1.29, 1.82) is 0 Å². The van der Waals surface area contributed by atoms with E-state index in [0.717, 1.165) is 23.9 Å². The van der Waals surface area contributed by atoms with E-state index in [1.807, 2.05) is 0 Å². The fraction of sp³-hybridized carbons (Fsp3) is 1.00. The zero-order valence-electron chi connectivity index (χ0n) is 11.4. The van der Waals surface area contributed by atoms with Crippen LogP contribution in [0.15, 0.2) is 0 Å². The van der Waals surface area contributed by atoms with Crippen LogP contribution in [-0.2, 0) is 0 Å². The summed E-state index contributed by atoms with van der Waals surface area (Å²) in [6, 6.07) is 1.88. The highest BCUT2D eigenvalue weighted by Gasteiger charge is 2.36. The smallest absolute Gasteiger partial charge is 0.00982 e. The number of hydrogen-bond donors (Lipinski definition) is 0. The van der Waals surface area contributed by atoms with Crippen LogP contribution < -0.4 is 0 Å². The van der Waals surface area contributed by atoms with Gasteiger partial charge in [0.1, 0.15) is 0 Å². The second-order valence-electron chi connectivity index (χ2n) is 6.45. The summed E-state index contributed by atoms with van der Waals surface area (Å²) in [5.41, 5.74) is 0. The molecule has 16 heavy (non-hydrogen) atoms. The monoisotopic (exact) mass is 224 g/mol. The molecule has 2 nitrogen and oxygen atoms in total. The molecule has 0 N–H and O–H groups in total. The van der Waals surface area contributed by atoms with Crippen molar-refractivity contribution >= 4 is 0 Å². The molecule has 0 radical (unpaired) electrons. The molecule has 0 aromatic carbocycles. The summed E-state index contributed by atoms with van der Waals surface area (Å²) in [4.78, 5) is 4.92. The molecule has 0 aromatic heterocycles. The molecular formula is C14H28N2. The van der Waals surface area contributed by atoms with Gasteiger partial charge in [-0.1, -0.05) is 13.8 Å². The van der Waals surface area contributed by atoms with Gasteiger partial charge in [0.2, 0.25) is 0 Å². The molecule has 3 saturated heterocycles. The Morgan fingerprint density at radius 2 is 1.31 bits per heavy atom. The van der Waals surface area contributed by atoms with Crippen LogP contribution in [0.4, 0.5) is 0 Å². The third-order valence-electron chi connectivity index (χ3n) is 4.58. The van der Waals surface area contributed by atoms with Crippen LogP contribution in [0.2, 0.25) is 0 Å². The minimum atomic E-state index is 0.939. The maximum absolute atomic E-state index is 2.60. The Morgan fingerprint density at radius 3 is 1.62 bits per heavy atom. The molecule has 0 amide bonds. The van der Waals surface area contributed by atoms with Crippen molar-refractivity contribution in [3.05, 3.63) is 0 Å². The zero-order chi connectivity index (χ0) is 11.7. The Balaban J connectivity index is 0.000000138. The molecule has 3 rings (SSSR count). The standard InChI is InChI=1S/C9H17N.C5H11N/c1-7-5-8-3-4-9(6-7)10(8)2;1-5-3-6(2)4-5/h7-9H,3-6H2,1-2H3;5H,3-4H2,1-2H3. The Hall–Kier alpha value is -0.0800. The van der Waals surface area contributed by atoms with E-state index in [1.165, 1.54) is 38.8 Å². The van der Waals surface area contributed by atoms with Gasteiger partial charge in [-0.25, -0.2) is 0 Å². The number of likely N-dealkylation sites (tertiary alicyclic amines) is 1. The largest absolute Gasteiger partial charge is 0.306 e. The number of fused-ring (bicyclic) bond motifs is 2. The first kappa shape index (κ1) is 12.4. The first-order valence-corrected chi connectivity index (χ1v) is 6.96. The molecule has 94 valence electrons. The topological polar surface area (TPSA) is 6.48 Å². The lowest BCUT2D eigenvalue weighted by molar-refractivity contribution is 0.142. The SMILES string of the molecule is CC1CC2CCC(C1)N2C.CC1CN(C)C1. The van der Waals surface area contributed by atoms with Crippen LogP contribution in [0, 0.1) is 11.8 Å². The van der Waals surface area contributed by atoms with E-state index in [-0.39, 0.29) is 0 Å². The van der Waals surface area contributed by atoms with Crippen LogP contribution in [0.25, 0.3) is 0 Å². The second kappa shape index (κ2) is 5.05. The lowest BCUT2D eigenvalue weighted by Crippen LogP contribution is -2.41. The summed E-state index contributed by atoms with van der Waals surface area (Å²) in [7, 11) is 4.45. The van der Waals surface area contributed by atoms with E-state index < -0.39 is 0 Å². The summed E-state index contributed by atoms with van der Waals surface area (Å²) >= 11 is 0. The Bertz CT molecular complexity index is 203. The molecule has 0 spiro atoms. The van der Waals surface area contributed by atoms with Gasteiger partial charge in [-0.2, -0.15) is 0 Å². The first-order valence-electron chi connectivity index (χ1n) is 6.96. The molecule has 0 aliphatic carbocycles. The number of piperidine rings is 1. The molecule has 2 atom stereocenters. The highest BCUT2D eigenvalue weighted by molar-refractivity contribution is 4.91. The van der Waals surface area contributed by atoms with Gasteiger partial charge in [0, 0.05) is 25.2 Å². The number of hydrogen-bond acceptors (Lipinski definition) is 2. The van der Waals surface area contributed by atoms with Gasteiger partial charge in [-0.05, 0) is 51.6 Å². The van der Waals surface area contributed by atoms with Crippen LogP contribution in [-0.4, -0.2) is 49.1 Å². The molecular weight excluding hydrogens is 196 g/mol. The van der Waals surface area contributed by atoms with E-state index in [0.29, 0.717) is 0 Å². The van der Waals surface area contributed by atoms with Crippen LogP contribution in [0.3, 0.4) is 0 Å². The fourth-order valence-electron chi connectivity index (χ4n) is 3.69. The average molecular weight is 224 g/mol. The van der Waals surface area contributed by atoms with Crippen molar-refractivity contribution in [2.75, 3.05) is 27.2 Å². The summed E-state index contributed by atoms with van der Waals surface area (Å²) in [6.07, 6.45) is 5.83. The van der Waals surface area contributed by atoms with Gasteiger partial charge >= 0.3 is 0 Å². The summed E-state index contributed by atoms with van der Waals surface area (Å²) in [5.74, 6) is 1.96. The van der Waals surface area contributed by atoms with Gasteiger partial charge in [0.15, 0.2) is 0 Å². The van der Waals surface area contributed by atoms with E-state index in [2.05, 4.69) is 37.7 Å². The molecule has 3 aliphatic rings. The van der Waals surface area contributed by atoms with E-state index in [4.69, 9.17) is 0 Å². The van der Waals surface area contributed by atoms with Gasteiger partial charge < -0.3 is 9.80 Å². The molecule has 0 saturated carbocycles. The average Bonchev–Trinajstić information content (AvgIpc) is 2.43. The summed E-state index contributed by atoms with van der Waals surface area (Å²) in [6.45, 7) is 7.29. The van der Waals surface area contributed by atoms with Gasteiger partial charge in [-0.15, -0.1) is 0 Å². The van der Waals surface area contributed by atoms with Gasteiger partial charge in [0.05, 0.1) is 0 Å². The predicted molar refractivity (Wildman–Crippen MR) is 69.6 cm³/mol. The minimum absolute atomic E-state index is 0.939. The summed E-state index contributed by atoms with van der Waals surface area (Å²) in [5, 5.41) is 0. The second-order valence-corrected chi connectivity index (χ2v) is 6.45. The van der Waals surface area contributed by atoms with Crippen molar-refractivity contribution in [3.63, 3.8) is 0 Å². The maximum Gasteiger partial charge on any atom is 0.00982 e. The minimum Gasteiger partial charge on any atom is -0.306 e. The van der Waals surface area contributed by atoms with Crippen molar-refractivity contribution in [1.82, 2.24) is 9.80 Å². The first-order chi connectivity index (χ1) is 7.56. The van der Waals surface area contributed by atoms with Crippen LogP contribution >= 0.6 is 0 Å². The molecule has 2 heteroatoms. The van der Waals surface area contributed by atoms with Gasteiger partial charge in [-0.3, -0.25) is 0 Å². The van der Waals surface area contributed by atoms with Crippen molar-refractivity contribution in [3.8, 4) is 0 Å². The Kier molecular flexibility index (Phi) is 3.91. The number of nitrogens with zero attached hydrogens (tertiary/aromatic N) is 2. The molecule has 3 fully saturated rings. The van der Waals surface area contributed by atoms with Crippen LogP contribution in [0.5, 0.6) is 0 Å².